The third-order valence-corrected chi connectivity index (χ3v) is 4.98. The molecule has 0 aliphatic carbocycles. The number of primary amides is 1. The summed E-state index contributed by atoms with van der Waals surface area (Å²) in [5, 5.41) is 2.92. The van der Waals surface area contributed by atoms with Crippen molar-refractivity contribution in [1.82, 2.24) is 10.2 Å². The van der Waals surface area contributed by atoms with Crippen molar-refractivity contribution >= 4 is 17.6 Å². The lowest BCUT2D eigenvalue weighted by Gasteiger charge is -2.28. The minimum atomic E-state index is -0.321. The van der Waals surface area contributed by atoms with E-state index in [2.05, 4.69) is 34.5 Å². The fourth-order valence-corrected chi connectivity index (χ4v) is 3.44. The van der Waals surface area contributed by atoms with E-state index < -0.39 is 0 Å². The van der Waals surface area contributed by atoms with Crippen molar-refractivity contribution in [3.63, 3.8) is 0 Å². The van der Waals surface area contributed by atoms with E-state index in [-0.39, 0.29) is 17.9 Å². The first-order chi connectivity index (χ1) is 11.6. The van der Waals surface area contributed by atoms with Crippen molar-refractivity contribution in [3.05, 3.63) is 29.8 Å². The molecule has 0 saturated carbocycles. The van der Waals surface area contributed by atoms with Gasteiger partial charge in [-0.15, -0.1) is 0 Å². The lowest BCUT2D eigenvalue weighted by molar-refractivity contribution is -0.121. The number of amides is 3. The summed E-state index contributed by atoms with van der Waals surface area (Å²) in [6.07, 6.45) is 4.51. The van der Waals surface area contributed by atoms with Crippen LogP contribution in [-0.2, 0) is 11.3 Å². The van der Waals surface area contributed by atoms with Crippen LogP contribution in [0.5, 0.6) is 0 Å². The first kappa shape index (κ1) is 16.6. The maximum Gasteiger partial charge on any atom is 0.317 e. The van der Waals surface area contributed by atoms with Gasteiger partial charge in [-0.1, -0.05) is 12.1 Å². The smallest absolute Gasteiger partial charge is 0.317 e. The van der Waals surface area contributed by atoms with E-state index in [1.165, 1.54) is 24.9 Å². The average molecular weight is 330 g/mol. The first-order valence-corrected chi connectivity index (χ1v) is 8.79. The zero-order chi connectivity index (χ0) is 16.9. The quantitative estimate of drug-likeness (QED) is 0.882. The molecule has 0 radical (unpaired) electrons. The summed E-state index contributed by atoms with van der Waals surface area (Å²) in [6.45, 7) is 3.78. The monoisotopic (exact) mass is 330 g/mol. The maximum absolute atomic E-state index is 12.2. The predicted molar refractivity (Wildman–Crippen MR) is 93.6 cm³/mol. The first-order valence-electron chi connectivity index (χ1n) is 8.79. The Morgan fingerprint density at radius 1 is 1.08 bits per heavy atom. The molecule has 6 nitrogen and oxygen atoms in total. The van der Waals surface area contributed by atoms with Gasteiger partial charge < -0.3 is 20.9 Å². The predicted octanol–water partition coefficient (Wildman–Crippen LogP) is 1.69. The fraction of sp³-hybridized carbons (Fsp3) is 0.556. The summed E-state index contributed by atoms with van der Waals surface area (Å²) < 4.78 is 0. The topological polar surface area (TPSA) is 78.7 Å². The molecule has 2 fully saturated rings. The van der Waals surface area contributed by atoms with Gasteiger partial charge in [0.2, 0.25) is 5.91 Å². The molecule has 1 aromatic rings. The van der Waals surface area contributed by atoms with Gasteiger partial charge in [-0.3, -0.25) is 4.79 Å². The van der Waals surface area contributed by atoms with E-state index in [0.717, 1.165) is 18.7 Å². The van der Waals surface area contributed by atoms with Crippen molar-refractivity contribution in [3.8, 4) is 0 Å². The molecule has 1 atom stereocenters. The van der Waals surface area contributed by atoms with Crippen LogP contribution in [0.3, 0.4) is 0 Å². The highest BCUT2D eigenvalue weighted by molar-refractivity contribution is 5.80. The molecule has 2 heterocycles. The molecule has 3 N–H and O–H groups in total. The van der Waals surface area contributed by atoms with Gasteiger partial charge in [-0.25, -0.2) is 4.79 Å². The largest absolute Gasteiger partial charge is 0.372 e. The molecule has 0 spiro atoms. The van der Waals surface area contributed by atoms with Crippen molar-refractivity contribution in [2.45, 2.75) is 32.2 Å². The number of hydrogen-bond acceptors (Lipinski definition) is 3. The Morgan fingerprint density at radius 2 is 1.79 bits per heavy atom. The van der Waals surface area contributed by atoms with E-state index in [1.807, 2.05) is 0 Å². The Hall–Kier alpha value is -2.24. The number of nitrogens with zero attached hydrogens (tertiary/aromatic N) is 2. The van der Waals surface area contributed by atoms with Crippen LogP contribution in [-0.4, -0.2) is 43.0 Å². The second kappa shape index (κ2) is 7.55. The highest BCUT2D eigenvalue weighted by Crippen LogP contribution is 2.20. The summed E-state index contributed by atoms with van der Waals surface area (Å²) in [5.74, 6) is -0.529. The minimum absolute atomic E-state index is 0.126. The number of carbonyl (C=O) groups excluding carboxylic acids is 2. The van der Waals surface area contributed by atoms with Crippen LogP contribution in [0.25, 0.3) is 0 Å². The highest BCUT2D eigenvalue weighted by Gasteiger charge is 2.29. The second-order valence-electron chi connectivity index (χ2n) is 6.71. The van der Waals surface area contributed by atoms with E-state index in [0.29, 0.717) is 26.1 Å². The standard InChI is InChI=1S/C18H26N4O2/c19-17(23)15-8-11-22(13-15)18(24)20-12-14-4-6-16(7-5-14)21-9-2-1-3-10-21/h4-7,15H,1-3,8-13H2,(H2,19,23)(H,20,24)/t15-/m0/s1. The van der Waals surface area contributed by atoms with Gasteiger partial charge in [0.15, 0.2) is 0 Å². The number of nitrogens with two attached hydrogens (primary N) is 1. The fourth-order valence-electron chi connectivity index (χ4n) is 3.44. The minimum Gasteiger partial charge on any atom is -0.372 e. The summed E-state index contributed by atoms with van der Waals surface area (Å²) >= 11 is 0. The lowest BCUT2D eigenvalue weighted by atomic mass is 10.1. The van der Waals surface area contributed by atoms with Gasteiger partial charge in [-0.05, 0) is 43.4 Å². The van der Waals surface area contributed by atoms with Gasteiger partial charge in [0.1, 0.15) is 0 Å². The summed E-state index contributed by atoms with van der Waals surface area (Å²) in [7, 11) is 0. The molecule has 0 bridgehead atoms. The number of nitrogens with one attached hydrogen (secondary N) is 1. The molecular formula is C18H26N4O2. The van der Waals surface area contributed by atoms with Crippen LogP contribution in [0.15, 0.2) is 24.3 Å². The van der Waals surface area contributed by atoms with E-state index >= 15 is 0 Å². The third-order valence-electron chi connectivity index (χ3n) is 4.98. The highest BCUT2D eigenvalue weighted by atomic mass is 16.2. The molecule has 2 saturated heterocycles. The van der Waals surface area contributed by atoms with Crippen LogP contribution in [0, 0.1) is 5.92 Å². The summed E-state index contributed by atoms with van der Waals surface area (Å²) in [6, 6.07) is 8.28. The van der Waals surface area contributed by atoms with E-state index in [4.69, 9.17) is 5.73 Å². The molecule has 3 rings (SSSR count). The van der Waals surface area contributed by atoms with Crippen molar-refractivity contribution in [2.24, 2.45) is 11.7 Å². The summed E-state index contributed by atoms with van der Waals surface area (Å²) in [4.78, 5) is 27.4. The number of piperidine rings is 1. The van der Waals surface area contributed by atoms with Crippen LogP contribution in [0.1, 0.15) is 31.2 Å². The van der Waals surface area contributed by atoms with E-state index in [9.17, 15) is 9.59 Å². The van der Waals surface area contributed by atoms with Crippen LogP contribution in [0.4, 0.5) is 10.5 Å². The molecule has 0 aromatic heterocycles. The number of rotatable bonds is 4. The molecule has 1 aromatic carbocycles. The molecule has 2 aliphatic rings. The van der Waals surface area contributed by atoms with Gasteiger partial charge in [0.05, 0.1) is 5.92 Å². The Balaban J connectivity index is 1.48. The molecular weight excluding hydrogens is 304 g/mol. The number of anilines is 1. The number of benzene rings is 1. The normalized spacial score (nSPS) is 20.9. The number of likely N-dealkylation sites (tertiary alicyclic amines) is 1. The Labute approximate surface area is 143 Å². The van der Waals surface area contributed by atoms with Crippen molar-refractivity contribution in [2.75, 3.05) is 31.1 Å². The van der Waals surface area contributed by atoms with Crippen LogP contribution < -0.4 is 16.0 Å². The Bertz CT molecular complexity index is 581. The van der Waals surface area contributed by atoms with Gasteiger partial charge >= 0.3 is 6.03 Å². The van der Waals surface area contributed by atoms with Crippen LogP contribution >= 0.6 is 0 Å². The van der Waals surface area contributed by atoms with Crippen molar-refractivity contribution in [1.29, 1.82) is 0 Å². The average Bonchev–Trinajstić information content (AvgIpc) is 3.11. The summed E-state index contributed by atoms with van der Waals surface area (Å²) in [5.41, 5.74) is 7.64. The molecule has 3 amide bonds. The molecule has 24 heavy (non-hydrogen) atoms. The Kier molecular flexibility index (Phi) is 5.23. The molecule has 6 heteroatoms. The third kappa shape index (κ3) is 3.99. The number of hydrogen-bond donors (Lipinski definition) is 2. The number of carbonyl (C=O) groups is 2. The zero-order valence-corrected chi connectivity index (χ0v) is 14.0. The van der Waals surface area contributed by atoms with Gasteiger partial charge in [-0.2, -0.15) is 0 Å². The van der Waals surface area contributed by atoms with Gasteiger partial charge in [0, 0.05) is 38.4 Å². The molecule has 130 valence electrons. The molecule has 0 unspecified atom stereocenters. The van der Waals surface area contributed by atoms with E-state index in [1.54, 1.807) is 4.90 Å². The van der Waals surface area contributed by atoms with Crippen LogP contribution in [0.2, 0.25) is 0 Å². The lowest BCUT2D eigenvalue weighted by Crippen LogP contribution is -2.39. The van der Waals surface area contributed by atoms with Crippen molar-refractivity contribution < 1.29 is 9.59 Å². The molecule has 2 aliphatic heterocycles. The van der Waals surface area contributed by atoms with Gasteiger partial charge in [0.25, 0.3) is 0 Å². The second-order valence-corrected chi connectivity index (χ2v) is 6.71. The maximum atomic E-state index is 12.2. The number of urea groups is 1. The SMILES string of the molecule is NC(=O)[C@H]1CCN(C(=O)NCc2ccc(N3CCCCC3)cc2)C1. The Morgan fingerprint density at radius 3 is 2.42 bits per heavy atom. The zero-order valence-electron chi connectivity index (χ0n) is 14.0.